The van der Waals surface area contributed by atoms with Crippen molar-refractivity contribution in [3.05, 3.63) is 29.8 Å². The van der Waals surface area contributed by atoms with Crippen molar-refractivity contribution in [1.82, 2.24) is 5.32 Å². The van der Waals surface area contributed by atoms with Crippen LogP contribution in [0.1, 0.15) is 32.3 Å². The Morgan fingerprint density at radius 3 is 2.50 bits per heavy atom. The molecule has 0 atom stereocenters. The quantitative estimate of drug-likeness (QED) is 0.791. The second-order valence-electron chi connectivity index (χ2n) is 4.22. The van der Waals surface area contributed by atoms with E-state index < -0.39 is 6.09 Å². The van der Waals surface area contributed by atoms with Gasteiger partial charge < -0.3 is 14.8 Å². The normalized spacial score (nSPS) is 10.2. The van der Waals surface area contributed by atoms with E-state index >= 15 is 0 Å². The Labute approximate surface area is 108 Å². The van der Waals surface area contributed by atoms with E-state index in [0.29, 0.717) is 25.7 Å². The molecule has 1 rings (SSSR count). The number of carbonyl (C=O) groups excluding carboxylic acids is 1. The molecule has 1 aromatic carbocycles. The lowest BCUT2D eigenvalue weighted by Crippen LogP contribution is -2.28. The smallest absolute Gasteiger partial charge is 0.407 e. The molecule has 1 amide bonds. The van der Waals surface area contributed by atoms with E-state index in [1.54, 1.807) is 6.92 Å². The van der Waals surface area contributed by atoms with Gasteiger partial charge in [-0.05, 0) is 30.5 Å². The molecule has 0 aliphatic heterocycles. The third-order valence-corrected chi connectivity index (χ3v) is 2.46. The summed E-state index contributed by atoms with van der Waals surface area (Å²) in [5, 5.41) is 2.60. The van der Waals surface area contributed by atoms with Crippen molar-refractivity contribution in [3.63, 3.8) is 0 Å². The summed E-state index contributed by atoms with van der Waals surface area (Å²) < 4.78 is 10.2. The maximum atomic E-state index is 11.0. The number of ether oxygens (including phenoxy) is 2. The van der Waals surface area contributed by atoms with Gasteiger partial charge in [-0.2, -0.15) is 0 Å². The molecule has 0 aromatic heterocycles. The molecule has 0 bridgehead atoms. The predicted molar refractivity (Wildman–Crippen MR) is 71.1 cm³/mol. The molecule has 0 fully saturated rings. The average Bonchev–Trinajstić information content (AvgIpc) is 2.35. The molecule has 4 nitrogen and oxygen atoms in total. The molecule has 0 aliphatic carbocycles. The Balaban J connectivity index is 2.25. The topological polar surface area (TPSA) is 47.6 Å². The number of alkyl carbamates (subject to hydrolysis) is 1. The summed E-state index contributed by atoms with van der Waals surface area (Å²) in [5.41, 5.74) is 1.28. The highest BCUT2D eigenvalue weighted by Crippen LogP contribution is 2.18. The van der Waals surface area contributed by atoms with Gasteiger partial charge in [-0.25, -0.2) is 4.79 Å². The highest BCUT2D eigenvalue weighted by Gasteiger charge is 2.01. The lowest BCUT2D eigenvalue weighted by molar-refractivity contribution is 0.150. The van der Waals surface area contributed by atoms with Crippen LogP contribution in [0.15, 0.2) is 24.3 Å². The summed E-state index contributed by atoms with van der Waals surface area (Å²) in [6, 6.07) is 8.00. The van der Waals surface area contributed by atoms with Gasteiger partial charge in [0.05, 0.1) is 13.2 Å². The first kappa shape index (κ1) is 14.4. The van der Waals surface area contributed by atoms with Gasteiger partial charge in [0, 0.05) is 0 Å². The first-order chi connectivity index (χ1) is 8.63. The first-order valence-electron chi connectivity index (χ1n) is 6.27. The molecular formula is C14H21NO3. The standard InChI is InChI=1S/C14H21NO3/c1-4-17-14(16)15-9-10-18-13-7-5-12(6-8-13)11(2)3/h5-8,11H,4,9-10H2,1-3H3,(H,15,16). The maximum Gasteiger partial charge on any atom is 0.407 e. The lowest BCUT2D eigenvalue weighted by atomic mass is 10.0. The fourth-order valence-corrected chi connectivity index (χ4v) is 1.45. The van der Waals surface area contributed by atoms with Crippen LogP contribution in [0.3, 0.4) is 0 Å². The van der Waals surface area contributed by atoms with E-state index in [-0.39, 0.29) is 0 Å². The maximum absolute atomic E-state index is 11.0. The van der Waals surface area contributed by atoms with E-state index in [9.17, 15) is 4.79 Å². The summed E-state index contributed by atoms with van der Waals surface area (Å²) in [7, 11) is 0. The zero-order valence-corrected chi connectivity index (χ0v) is 11.2. The van der Waals surface area contributed by atoms with Crippen LogP contribution < -0.4 is 10.1 Å². The first-order valence-corrected chi connectivity index (χ1v) is 6.27. The van der Waals surface area contributed by atoms with Crippen LogP contribution in [0.4, 0.5) is 4.79 Å². The van der Waals surface area contributed by atoms with Gasteiger partial charge >= 0.3 is 6.09 Å². The molecule has 1 N–H and O–H groups in total. The number of hydrogen-bond acceptors (Lipinski definition) is 3. The lowest BCUT2D eigenvalue weighted by Gasteiger charge is -2.09. The summed E-state index contributed by atoms with van der Waals surface area (Å²) >= 11 is 0. The van der Waals surface area contributed by atoms with E-state index in [4.69, 9.17) is 9.47 Å². The predicted octanol–water partition coefficient (Wildman–Crippen LogP) is 2.93. The molecule has 0 aliphatic rings. The van der Waals surface area contributed by atoms with Gasteiger partial charge in [0.25, 0.3) is 0 Å². The molecule has 4 heteroatoms. The van der Waals surface area contributed by atoms with Gasteiger partial charge in [-0.15, -0.1) is 0 Å². The van der Waals surface area contributed by atoms with Crippen molar-refractivity contribution >= 4 is 6.09 Å². The highest BCUT2D eigenvalue weighted by atomic mass is 16.5. The average molecular weight is 251 g/mol. The Morgan fingerprint density at radius 2 is 1.94 bits per heavy atom. The molecule has 1 aromatic rings. The molecule has 0 radical (unpaired) electrons. The van der Waals surface area contributed by atoms with E-state index in [2.05, 4.69) is 31.3 Å². The number of rotatable bonds is 6. The Bertz CT molecular complexity index is 360. The van der Waals surface area contributed by atoms with Gasteiger partial charge in [0.15, 0.2) is 0 Å². The Hall–Kier alpha value is -1.71. The SMILES string of the molecule is CCOC(=O)NCCOc1ccc(C(C)C)cc1. The molecule has 0 spiro atoms. The number of benzene rings is 1. The molecular weight excluding hydrogens is 230 g/mol. The molecule has 100 valence electrons. The van der Waals surface area contributed by atoms with Crippen LogP contribution in [0.5, 0.6) is 5.75 Å². The summed E-state index contributed by atoms with van der Waals surface area (Å²) in [4.78, 5) is 11.0. The van der Waals surface area contributed by atoms with E-state index in [0.717, 1.165) is 5.75 Å². The fourth-order valence-electron chi connectivity index (χ4n) is 1.45. The minimum absolute atomic E-state index is 0.378. The van der Waals surface area contributed by atoms with Crippen molar-refractivity contribution in [2.45, 2.75) is 26.7 Å². The summed E-state index contributed by atoms with van der Waals surface area (Å²) in [5.74, 6) is 1.33. The largest absolute Gasteiger partial charge is 0.492 e. The zero-order chi connectivity index (χ0) is 13.4. The number of nitrogens with one attached hydrogen (secondary N) is 1. The van der Waals surface area contributed by atoms with Crippen molar-refractivity contribution in [2.75, 3.05) is 19.8 Å². The summed E-state index contributed by atoms with van der Waals surface area (Å²) in [6.45, 7) is 7.32. The van der Waals surface area contributed by atoms with Crippen LogP contribution in [0.2, 0.25) is 0 Å². The van der Waals surface area contributed by atoms with Crippen LogP contribution in [-0.2, 0) is 4.74 Å². The molecule has 0 saturated heterocycles. The minimum Gasteiger partial charge on any atom is -0.492 e. The number of amides is 1. The third-order valence-electron chi connectivity index (χ3n) is 2.46. The molecule has 0 heterocycles. The van der Waals surface area contributed by atoms with Gasteiger partial charge in [-0.1, -0.05) is 26.0 Å². The third kappa shape index (κ3) is 5.08. The van der Waals surface area contributed by atoms with Gasteiger partial charge in [0.2, 0.25) is 0 Å². The van der Waals surface area contributed by atoms with Crippen LogP contribution in [0.25, 0.3) is 0 Å². The highest BCUT2D eigenvalue weighted by molar-refractivity contribution is 5.66. The molecule has 0 unspecified atom stereocenters. The van der Waals surface area contributed by atoms with Crippen LogP contribution >= 0.6 is 0 Å². The van der Waals surface area contributed by atoms with Crippen molar-refractivity contribution in [1.29, 1.82) is 0 Å². The molecule has 18 heavy (non-hydrogen) atoms. The zero-order valence-electron chi connectivity index (χ0n) is 11.2. The fraction of sp³-hybridized carbons (Fsp3) is 0.500. The number of hydrogen-bond donors (Lipinski definition) is 1. The monoisotopic (exact) mass is 251 g/mol. The van der Waals surface area contributed by atoms with Gasteiger partial charge in [0.1, 0.15) is 12.4 Å². The van der Waals surface area contributed by atoms with Gasteiger partial charge in [-0.3, -0.25) is 0 Å². The molecule has 0 saturated carbocycles. The second-order valence-corrected chi connectivity index (χ2v) is 4.22. The Kier molecular flexibility index (Phi) is 6.05. The van der Waals surface area contributed by atoms with Crippen molar-refractivity contribution in [3.8, 4) is 5.75 Å². The minimum atomic E-state index is -0.406. The van der Waals surface area contributed by atoms with Crippen LogP contribution in [-0.4, -0.2) is 25.9 Å². The summed E-state index contributed by atoms with van der Waals surface area (Å²) in [6.07, 6.45) is -0.406. The van der Waals surface area contributed by atoms with Crippen molar-refractivity contribution < 1.29 is 14.3 Å². The van der Waals surface area contributed by atoms with Crippen LogP contribution in [0, 0.1) is 0 Å². The second kappa shape index (κ2) is 7.58. The Morgan fingerprint density at radius 1 is 1.28 bits per heavy atom. The van der Waals surface area contributed by atoms with E-state index in [1.807, 2.05) is 12.1 Å². The van der Waals surface area contributed by atoms with Crippen molar-refractivity contribution in [2.24, 2.45) is 0 Å². The number of carbonyl (C=O) groups is 1. The van der Waals surface area contributed by atoms with E-state index in [1.165, 1.54) is 5.56 Å².